The predicted octanol–water partition coefficient (Wildman–Crippen LogP) is -1.33. The molecule has 0 aromatic carbocycles. The molecule has 0 rings (SSSR count). The first-order chi connectivity index (χ1) is 5.56. The van der Waals surface area contributed by atoms with Crippen molar-refractivity contribution in [2.75, 3.05) is 6.54 Å². The van der Waals surface area contributed by atoms with E-state index in [0.717, 1.165) is 0 Å². The second-order valence-corrected chi connectivity index (χ2v) is 2.25. The predicted molar refractivity (Wildman–Crippen MR) is 45.5 cm³/mol. The molecule has 0 aliphatic heterocycles. The van der Waals surface area contributed by atoms with Crippen molar-refractivity contribution in [1.29, 1.82) is 0 Å². The van der Waals surface area contributed by atoms with Gasteiger partial charge in [-0.25, -0.2) is 4.99 Å². The number of carbonyl (C=O) groups is 1. The molecule has 0 saturated carbocycles. The van der Waals surface area contributed by atoms with Crippen LogP contribution in [0.4, 0.5) is 0 Å². The summed E-state index contributed by atoms with van der Waals surface area (Å²) in [5.74, 6) is -0.973. The molecule has 1 unspecified atom stereocenters. The molecule has 0 aromatic heterocycles. The molecule has 0 aliphatic rings. The van der Waals surface area contributed by atoms with Gasteiger partial charge in [-0.3, -0.25) is 10.1 Å². The van der Waals surface area contributed by atoms with Crippen LogP contribution in [0.3, 0.4) is 0 Å². The number of nitrogens with two attached hydrogens (primary N) is 2. The Morgan fingerprint density at radius 3 is 2.58 bits per heavy atom. The van der Waals surface area contributed by atoms with Gasteiger partial charge in [-0.15, -0.1) is 0 Å². The molecule has 6 nitrogen and oxygen atoms in total. The summed E-state index contributed by atoms with van der Waals surface area (Å²) in [6, 6.07) is 0. The number of nitrogens with one attached hydrogen (secondary N) is 1. The fourth-order valence-electron chi connectivity index (χ4n) is 0.666. The first-order valence-electron chi connectivity index (χ1n) is 3.60. The van der Waals surface area contributed by atoms with E-state index in [-0.39, 0.29) is 18.7 Å². The number of nitrogens with zero attached hydrogens (tertiary/aromatic N) is 1. The van der Waals surface area contributed by atoms with Crippen LogP contribution in [0.25, 0.3) is 0 Å². The van der Waals surface area contributed by atoms with Gasteiger partial charge in [0.1, 0.15) is 6.17 Å². The van der Waals surface area contributed by atoms with E-state index >= 15 is 0 Å². The number of rotatable bonds is 5. The lowest BCUT2D eigenvalue weighted by atomic mass is 10.4. The maximum Gasteiger partial charge on any atom is 0.317 e. The number of aliphatic carboxylic acids is 1. The van der Waals surface area contributed by atoms with Crippen LogP contribution in [-0.2, 0) is 4.79 Å². The van der Waals surface area contributed by atoms with Crippen molar-refractivity contribution in [1.82, 2.24) is 5.32 Å². The summed E-state index contributed by atoms with van der Waals surface area (Å²) < 4.78 is 0. The lowest BCUT2D eigenvalue weighted by Crippen LogP contribution is -2.35. The Morgan fingerprint density at radius 1 is 1.67 bits per heavy atom. The van der Waals surface area contributed by atoms with Gasteiger partial charge in [0.25, 0.3) is 0 Å². The molecule has 0 radical (unpaired) electrons. The molecular weight excluding hydrogens is 160 g/mol. The van der Waals surface area contributed by atoms with Gasteiger partial charge >= 0.3 is 5.97 Å². The Morgan fingerprint density at radius 2 is 2.25 bits per heavy atom. The van der Waals surface area contributed by atoms with Crippen molar-refractivity contribution in [2.24, 2.45) is 16.5 Å². The van der Waals surface area contributed by atoms with Gasteiger partial charge in [0.05, 0.1) is 6.54 Å². The van der Waals surface area contributed by atoms with Crippen molar-refractivity contribution < 1.29 is 9.90 Å². The lowest BCUT2D eigenvalue weighted by molar-refractivity contribution is -0.136. The standard InChI is InChI=1S/C6H14N4O2/c1-2-4(10-6(7)8)9-3-5(11)12/h4,9H,2-3H2,1H3,(H,11,12)(H4,7,8,10). The highest BCUT2D eigenvalue weighted by atomic mass is 16.4. The number of hydrogen-bond acceptors (Lipinski definition) is 3. The zero-order chi connectivity index (χ0) is 9.56. The third-order valence-electron chi connectivity index (χ3n) is 1.18. The Balaban J connectivity index is 3.84. The Bertz CT molecular complexity index is 176. The van der Waals surface area contributed by atoms with Crippen molar-refractivity contribution in [3.05, 3.63) is 0 Å². The van der Waals surface area contributed by atoms with Gasteiger partial charge in [-0.1, -0.05) is 6.92 Å². The number of hydrogen-bond donors (Lipinski definition) is 4. The second-order valence-electron chi connectivity index (χ2n) is 2.25. The molecule has 0 spiro atoms. The van der Waals surface area contributed by atoms with Crippen LogP contribution >= 0.6 is 0 Å². The van der Waals surface area contributed by atoms with Crippen LogP contribution in [0, 0.1) is 0 Å². The van der Waals surface area contributed by atoms with Crippen molar-refractivity contribution in [3.63, 3.8) is 0 Å². The molecule has 0 heterocycles. The number of guanidine groups is 1. The molecule has 12 heavy (non-hydrogen) atoms. The summed E-state index contributed by atoms with van der Waals surface area (Å²) in [6.45, 7) is 1.71. The van der Waals surface area contributed by atoms with E-state index in [9.17, 15) is 4.79 Å². The maximum absolute atomic E-state index is 10.1. The Kier molecular flexibility index (Phi) is 4.78. The fourth-order valence-corrected chi connectivity index (χ4v) is 0.666. The topological polar surface area (TPSA) is 114 Å². The van der Waals surface area contributed by atoms with Crippen molar-refractivity contribution in [2.45, 2.75) is 19.5 Å². The van der Waals surface area contributed by atoms with Crippen LogP contribution in [0.15, 0.2) is 4.99 Å². The van der Waals surface area contributed by atoms with Crippen molar-refractivity contribution >= 4 is 11.9 Å². The molecule has 70 valence electrons. The highest BCUT2D eigenvalue weighted by Crippen LogP contribution is 1.90. The second kappa shape index (κ2) is 5.36. The van der Waals surface area contributed by atoms with Crippen LogP contribution in [-0.4, -0.2) is 29.7 Å². The largest absolute Gasteiger partial charge is 0.480 e. The average molecular weight is 174 g/mol. The molecule has 0 fully saturated rings. The summed E-state index contributed by atoms with van der Waals surface area (Å²) in [5.41, 5.74) is 10.2. The molecule has 0 aliphatic carbocycles. The van der Waals surface area contributed by atoms with E-state index in [1.807, 2.05) is 6.92 Å². The average Bonchev–Trinajstić information content (AvgIpc) is 1.97. The molecule has 6 heteroatoms. The van der Waals surface area contributed by atoms with Gasteiger partial charge in [0.15, 0.2) is 5.96 Å². The molecule has 0 saturated heterocycles. The van der Waals surface area contributed by atoms with Gasteiger partial charge < -0.3 is 16.6 Å². The maximum atomic E-state index is 10.1. The van der Waals surface area contributed by atoms with E-state index in [1.54, 1.807) is 0 Å². The first kappa shape index (κ1) is 10.7. The normalized spacial score (nSPS) is 12.1. The van der Waals surface area contributed by atoms with E-state index in [2.05, 4.69) is 10.3 Å². The third-order valence-corrected chi connectivity index (χ3v) is 1.18. The van der Waals surface area contributed by atoms with E-state index < -0.39 is 5.97 Å². The van der Waals surface area contributed by atoms with E-state index in [0.29, 0.717) is 6.42 Å². The highest BCUT2D eigenvalue weighted by molar-refractivity contribution is 5.76. The number of carboxylic acid groups (broad SMARTS) is 1. The van der Waals surface area contributed by atoms with E-state index in [4.69, 9.17) is 16.6 Å². The smallest absolute Gasteiger partial charge is 0.317 e. The van der Waals surface area contributed by atoms with Crippen LogP contribution < -0.4 is 16.8 Å². The molecule has 6 N–H and O–H groups in total. The van der Waals surface area contributed by atoms with E-state index in [1.165, 1.54) is 0 Å². The van der Waals surface area contributed by atoms with Crippen LogP contribution in [0.5, 0.6) is 0 Å². The zero-order valence-electron chi connectivity index (χ0n) is 6.95. The first-order valence-corrected chi connectivity index (χ1v) is 3.60. The number of carboxylic acids is 1. The van der Waals surface area contributed by atoms with Gasteiger partial charge in [0, 0.05) is 0 Å². The SMILES string of the molecule is CCC(N=C(N)N)NCC(=O)O. The molecule has 1 atom stereocenters. The highest BCUT2D eigenvalue weighted by Gasteiger charge is 2.04. The Hall–Kier alpha value is -1.30. The minimum Gasteiger partial charge on any atom is -0.480 e. The zero-order valence-corrected chi connectivity index (χ0v) is 6.95. The summed E-state index contributed by atoms with van der Waals surface area (Å²) in [7, 11) is 0. The summed E-state index contributed by atoms with van der Waals surface area (Å²) in [4.78, 5) is 13.9. The minimum atomic E-state index is -0.931. The fraction of sp³-hybridized carbons (Fsp3) is 0.667. The summed E-state index contributed by atoms with van der Waals surface area (Å²) in [5, 5.41) is 11.0. The number of aliphatic imine (C=N–C) groups is 1. The van der Waals surface area contributed by atoms with Gasteiger partial charge in [-0.05, 0) is 6.42 Å². The molecule has 0 amide bonds. The molecular formula is C6H14N4O2. The Labute approximate surface area is 70.6 Å². The molecule has 0 bridgehead atoms. The minimum absolute atomic E-state index is 0.0419. The van der Waals surface area contributed by atoms with Crippen LogP contribution in [0.1, 0.15) is 13.3 Å². The molecule has 0 aromatic rings. The third kappa shape index (κ3) is 5.48. The van der Waals surface area contributed by atoms with Crippen molar-refractivity contribution in [3.8, 4) is 0 Å². The lowest BCUT2D eigenvalue weighted by Gasteiger charge is -2.09. The van der Waals surface area contributed by atoms with Gasteiger partial charge in [-0.2, -0.15) is 0 Å². The quantitative estimate of drug-likeness (QED) is 0.304. The summed E-state index contributed by atoms with van der Waals surface area (Å²) >= 11 is 0. The monoisotopic (exact) mass is 174 g/mol. The summed E-state index contributed by atoms with van der Waals surface area (Å²) in [6.07, 6.45) is 0.330. The van der Waals surface area contributed by atoms with Gasteiger partial charge in [0.2, 0.25) is 0 Å². The van der Waals surface area contributed by atoms with Crippen LogP contribution in [0.2, 0.25) is 0 Å².